The molecule has 0 aliphatic rings. The second-order valence-corrected chi connectivity index (χ2v) is 5.13. The predicted molar refractivity (Wildman–Crippen MR) is 84.8 cm³/mol. The minimum Gasteiger partial charge on any atom is -0.493 e. The van der Waals surface area contributed by atoms with Gasteiger partial charge < -0.3 is 15.2 Å². The first kappa shape index (κ1) is 17.8. The number of carbonyl (C=O) groups excluding carboxylic acids is 1. The number of hydrogen-bond acceptors (Lipinski definition) is 4. The van der Waals surface area contributed by atoms with E-state index in [0.717, 1.165) is 30.6 Å². The van der Waals surface area contributed by atoms with E-state index >= 15 is 0 Å². The Hall–Kier alpha value is -1.26. The second kappa shape index (κ2) is 10.5. The van der Waals surface area contributed by atoms with Gasteiger partial charge in [0.25, 0.3) is 0 Å². The third kappa shape index (κ3) is 6.82. The standard InChI is InChI=1S/C16H24ClNO3/c1-2-20-16(19)9-4-3-5-12-21-15-8-6-7-14(17)13(15)10-11-18/h6-8H,2-5,9-12,18H2,1H3. The van der Waals surface area contributed by atoms with Gasteiger partial charge in [-0.25, -0.2) is 0 Å². The summed E-state index contributed by atoms with van der Waals surface area (Å²) in [5.41, 5.74) is 6.55. The van der Waals surface area contributed by atoms with Gasteiger partial charge in [0.05, 0.1) is 13.2 Å². The lowest BCUT2D eigenvalue weighted by Crippen LogP contribution is -2.07. The number of halogens is 1. The monoisotopic (exact) mass is 313 g/mol. The molecule has 0 radical (unpaired) electrons. The maximum atomic E-state index is 11.2. The maximum absolute atomic E-state index is 11.2. The zero-order valence-corrected chi connectivity index (χ0v) is 13.3. The Balaban J connectivity index is 2.27. The first-order valence-corrected chi connectivity index (χ1v) is 7.82. The second-order valence-electron chi connectivity index (χ2n) is 4.72. The Kier molecular flexibility index (Phi) is 8.87. The highest BCUT2D eigenvalue weighted by molar-refractivity contribution is 6.31. The van der Waals surface area contributed by atoms with Crippen LogP contribution in [0.1, 0.15) is 38.2 Å². The molecule has 21 heavy (non-hydrogen) atoms. The molecule has 118 valence electrons. The number of rotatable bonds is 10. The van der Waals surface area contributed by atoms with E-state index in [1.54, 1.807) is 0 Å². The van der Waals surface area contributed by atoms with Crippen molar-refractivity contribution in [3.63, 3.8) is 0 Å². The van der Waals surface area contributed by atoms with Crippen LogP contribution in [-0.4, -0.2) is 25.7 Å². The van der Waals surface area contributed by atoms with Crippen LogP contribution in [0.15, 0.2) is 18.2 Å². The van der Waals surface area contributed by atoms with Crippen LogP contribution in [-0.2, 0) is 16.0 Å². The Bertz CT molecular complexity index is 438. The molecule has 0 aromatic heterocycles. The normalized spacial score (nSPS) is 10.4. The number of ether oxygens (including phenoxy) is 2. The van der Waals surface area contributed by atoms with Gasteiger partial charge in [0.15, 0.2) is 0 Å². The first-order chi connectivity index (χ1) is 10.2. The fourth-order valence-corrected chi connectivity index (χ4v) is 2.28. The summed E-state index contributed by atoms with van der Waals surface area (Å²) in [5, 5.41) is 0.695. The molecule has 0 aliphatic heterocycles. The molecule has 0 saturated heterocycles. The molecule has 2 N–H and O–H groups in total. The van der Waals surface area contributed by atoms with Crippen LogP contribution in [0.3, 0.4) is 0 Å². The van der Waals surface area contributed by atoms with Crippen molar-refractivity contribution in [1.29, 1.82) is 0 Å². The summed E-state index contributed by atoms with van der Waals surface area (Å²) in [5.74, 6) is 0.678. The topological polar surface area (TPSA) is 61.5 Å². The summed E-state index contributed by atoms with van der Waals surface area (Å²) in [7, 11) is 0. The number of hydrogen-bond donors (Lipinski definition) is 1. The van der Waals surface area contributed by atoms with Gasteiger partial charge in [-0.2, -0.15) is 0 Å². The minimum atomic E-state index is -0.126. The van der Waals surface area contributed by atoms with Gasteiger partial charge in [-0.05, 0) is 51.3 Å². The molecule has 1 aromatic rings. The van der Waals surface area contributed by atoms with Gasteiger partial charge in [-0.3, -0.25) is 4.79 Å². The van der Waals surface area contributed by atoms with Gasteiger partial charge in [0.1, 0.15) is 5.75 Å². The highest BCUT2D eigenvalue weighted by Crippen LogP contribution is 2.26. The Morgan fingerprint density at radius 2 is 2.10 bits per heavy atom. The molecule has 0 spiro atoms. The van der Waals surface area contributed by atoms with Gasteiger partial charge in [0, 0.05) is 17.0 Å². The molecular formula is C16H24ClNO3. The molecule has 0 bridgehead atoms. The summed E-state index contributed by atoms with van der Waals surface area (Å²) >= 11 is 6.15. The van der Waals surface area contributed by atoms with Crippen molar-refractivity contribution in [2.24, 2.45) is 5.73 Å². The molecule has 0 unspecified atom stereocenters. The van der Waals surface area contributed by atoms with E-state index in [-0.39, 0.29) is 5.97 Å². The number of unbranched alkanes of at least 4 members (excludes halogenated alkanes) is 2. The van der Waals surface area contributed by atoms with Gasteiger partial charge in [0.2, 0.25) is 0 Å². The van der Waals surface area contributed by atoms with Crippen molar-refractivity contribution in [2.45, 2.75) is 39.0 Å². The lowest BCUT2D eigenvalue weighted by Gasteiger charge is -2.12. The molecule has 0 fully saturated rings. The summed E-state index contributed by atoms with van der Waals surface area (Å²) in [6, 6.07) is 5.63. The van der Waals surface area contributed by atoms with Crippen molar-refractivity contribution in [3.05, 3.63) is 28.8 Å². The summed E-state index contributed by atoms with van der Waals surface area (Å²) in [4.78, 5) is 11.2. The zero-order chi connectivity index (χ0) is 15.5. The molecule has 1 rings (SSSR count). The van der Waals surface area contributed by atoms with Crippen LogP contribution in [0.5, 0.6) is 5.75 Å². The SMILES string of the molecule is CCOC(=O)CCCCCOc1cccc(Cl)c1CCN. The average Bonchev–Trinajstić information content (AvgIpc) is 2.46. The van der Waals surface area contributed by atoms with Crippen LogP contribution < -0.4 is 10.5 Å². The molecule has 5 heteroatoms. The molecule has 4 nitrogen and oxygen atoms in total. The highest BCUT2D eigenvalue weighted by Gasteiger charge is 2.07. The Morgan fingerprint density at radius 3 is 2.81 bits per heavy atom. The molecule has 0 heterocycles. The van der Waals surface area contributed by atoms with E-state index in [9.17, 15) is 4.79 Å². The molecule has 0 aliphatic carbocycles. The molecule has 0 amide bonds. The van der Waals surface area contributed by atoms with E-state index < -0.39 is 0 Å². The van der Waals surface area contributed by atoms with Crippen LogP contribution in [0.4, 0.5) is 0 Å². The van der Waals surface area contributed by atoms with Crippen LogP contribution in [0.25, 0.3) is 0 Å². The van der Waals surface area contributed by atoms with E-state index in [1.807, 2.05) is 25.1 Å². The smallest absolute Gasteiger partial charge is 0.305 e. The Morgan fingerprint density at radius 1 is 1.29 bits per heavy atom. The van der Waals surface area contributed by atoms with E-state index in [1.165, 1.54) is 0 Å². The largest absolute Gasteiger partial charge is 0.493 e. The lowest BCUT2D eigenvalue weighted by molar-refractivity contribution is -0.143. The molecule has 1 aromatic carbocycles. The lowest BCUT2D eigenvalue weighted by atomic mass is 10.1. The van der Waals surface area contributed by atoms with Crippen LogP contribution >= 0.6 is 11.6 Å². The van der Waals surface area contributed by atoms with E-state index in [4.69, 9.17) is 26.8 Å². The fraction of sp³-hybridized carbons (Fsp3) is 0.562. The predicted octanol–water partition coefficient (Wildman–Crippen LogP) is 3.34. The van der Waals surface area contributed by atoms with Crippen molar-refractivity contribution in [1.82, 2.24) is 0 Å². The van der Waals surface area contributed by atoms with Crippen molar-refractivity contribution < 1.29 is 14.3 Å². The fourth-order valence-electron chi connectivity index (χ4n) is 2.02. The quantitative estimate of drug-likeness (QED) is 0.531. The van der Waals surface area contributed by atoms with Crippen molar-refractivity contribution >= 4 is 17.6 Å². The highest BCUT2D eigenvalue weighted by atomic mass is 35.5. The van der Waals surface area contributed by atoms with E-state index in [0.29, 0.717) is 37.6 Å². The maximum Gasteiger partial charge on any atom is 0.305 e. The van der Waals surface area contributed by atoms with Crippen LogP contribution in [0.2, 0.25) is 5.02 Å². The number of benzene rings is 1. The molecule has 0 atom stereocenters. The summed E-state index contributed by atoms with van der Waals surface area (Å²) in [6.07, 6.45) is 3.84. The summed E-state index contributed by atoms with van der Waals surface area (Å²) < 4.78 is 10.6. The average molecular weight is 314 g/mol. The Labute approximate surface area is 131 Å². The van der Waals surface area contributed by atoms with Crippen molar-refractivity contribution in [2.75, 3.05) is 19.8 Å². The van der Waals surface area contributed by atoms with Gasteiger partial charge in [-0.1, -0.05) is 17.7 Å². The molecule has 0 saturated carbocycles. The van der Waals surface area contributed by atoms with Crippen LogP contribution in [0, 0.1) is 0 Å². The number of nitrogens with two attached hydrogens (primary N) is 1. The number of carbonyl (C=O) groups is 1. The van der Waals surface area contributed by atoms with E-state index in [2.05, 4.69) is 0 Å². The number of esters is 1. The van der Waals surface area contributed by atoms with Gasteiger partial charge in [-0.15, -0.1) is 0 Å². The van der Waals surface area contributed by atoms with Crippen molar-refractivity contribution in [3.8, 4) is 5.75 Å². The zero-order valence-electron chi connectivity index (χ0n) is 12.6. The molecular weight excluding hydrogens is 290 g/mol. The third-order valence-corrected chi connectivity index (χ3v) is 3.41. The third-order valence-electron chi connectivity index (χ3n) is 3.06. The summed E-state index contributed by atoms with van der Waals surface area (Å²) in [6.45, 7) is 3.41. The minimum absolute atomic E-state index is 0.126. The van der Waals surface area contributed by atoms with Gasteiger partial charge >= 0.3 is 5.97 Å². The first-order valence-electron chi connectivity index (χ1n) is 7.45.